The Bertz CT molecular complexity index is 506. The summed E-state index contributed by atoms with van der Waals surface area (Å²) < 4.78 is 6.63. The van der Waals surface area contributed by atoms with E-state index in [9.17, 15) is 0 Å². The topological polar surface area (TPSA) is 48.1 Å². The van der Waals surface area contributed by atoms with Crippen molar-refractivity contribution >= 4 is 21.6 Å². The summed E-state index contributed by atoms with van der Waals surface area (Å²) in [7, 11) is 0. The molecule has 0 unspecified atom stereocenters. The van der Waals surface area contributed by atoms with Gasteiger partial charge in [-0.1, -0.05) is 0 Å². The molecule has 88 valence electrons. The minimum Gasteiger partial charge on any atom is -0.439 e. The number of aryl methyl sites for hydroxylation is 2. The largest absolute Gasteiger partial charge is 0.439 e. The molecule has 4 heteroatoms. The molecule has 0 aliphatic carbocycles. The van der Waals surface area contributed by atoms with Gasteiger partial charge < -0.3 is 10.5 Å². The van der Waals surface area contributed by atoms with Crippen LogP contribution in [0.5, 0.6) is 11.6 Å². The highest BCUT2D eigenvalue weighted by Crippen LogP contribution is 2.25. The maximum absolute atomic E-state index is 5.75. The molecule has 0 amide bonds. The number of pyridine rings is 1. The zero-order chi connectivity index (χ0) is 12.4. The fourth-order valence-corrected chi connectivity index (χ4v) is 1.62. The second-order valence-corrected chi connectivity index (χ2v) is 4.75. The molecule has 0 spiro atoms. The molecule has 2 rings (SSSR count). The minimum absolute atomic E-state index is 0.579. The van der Waals surface area contributed by atoms with Gasteiger partial charge in [0, 0.05) is 22.4 Å². The quantitative estimate of drug-likeness (QED) is 0.856. The van der Waals surface area contributed by atoms with Gasteiger partial charge in [0.15, 0.2) is 0 Å². The third-order valence-corrected chi connectivity index (χ3v) is 3.32. The van der Waals surface area contributed by atoms with Gasteiger partial charge in [-0.2, -0.15) is 0 Å². The molecule has 0 aliphatic heterocycles. The number of hydrogen-bond donors (Lipinski definition) is 1. The monoisotopic (exact) mass is 292 g/mol. The molecule has 1 aromatic heterocycles. The zero-order valence-electron chi connectivity index (χ0n) is 9.70. The van der Waals surface area contributed by atoms with Crippen molar-refractivity contribution in [1.82, 2.24) is 4.98 Å². The van der Waals surface area contributed by atoms with Crippen LogP contribution in [-0.4, -0.2) is 4.98 Å². The van der Waals surface area contributed by atoms with Crippen LogP contribution in [-0.2, 0) is 0 Å². The van der Waals surface area contributed by atoms with E-state index in [1.165, 1.54) is 0 Å². The van der Waals surface area contributed by atoms with E-state index in [0.717, 1.165) is 27.0 Å². The highest BCUT2D eigenvalue weighted by molar-refractivity contribution is 9.10. The highest BCUT2D eigenvalue weighted by Gasteiger charge is 2.03. The minimum atomic E-state index is 0.579. The molecule has 0 radical (unpaired) electrons. The molecule has 17 heavy (non-hydrogen) atoms. The first-order valence-corrected chi connectivity index (χ1v) is 6.01. The SMILES string of the molecule is Cc1cc(Oc2cc(C)c(Br)cn2)ccc1N. The van der Waals surface area contributed by atoms with Crippen molar-refractivity contribution in [1.29, 1.82) is 0 Å². The Hall–Kier alpha value is -1.55. The number of halogens is 1. The first kappa shape index (κ1) is 11.9. The summed E-state index contributed by atoms with van der Waals surface area (Å²) >= 11 is 3.40. The number of nitrogens with zero attached hydrogens (tertiary/aromatic N) is 1. The van der Waals surface area contributed by atoms with Crippen molar-refractivity contribution in [3.05, 3.63) is 46.1 Å². The number of aromatic nitrogens is 1. The van der Waals surface area contributed by atoms with Gasteiger partial charge in [-0.05, 0) is 59.1 Å². The van der Waals surface area contributed by atoms with Gasteiger partial charge in [0.05, 0.1) is 0 Å². The van der Waals surface area contributed by atoms with Crippen LogP contribution in [0.3, 0.4) is 0 Å². The van der Waals surface area contributed by atoms with Crippen LogP contribution >= 0.6 is 15.9 Å². The lowest BCUT2D eigenvalue weighted by atomic mass is 10.2. The summed E-state index contributed by atoms with van der Waals surface area (Å²) in [4.78, 5) is 4.19. The van der Waals surface area contributed by atoms with Crippen molar-refractivity contribution in [2.75, 3.05) is 5.73 Å². The van der Waals surface area contributed by atoms with E-state index in [1.54, 1.807) is 6.20 Å². The Morgan fingerprint density at radius 3 is 2.59 bits per heavy atom. The fraction of sp³-hybridized carbons (Fsp3) is 0.154. The van der Waals surface area contributed by atoms with Crippen molar-refractivity contribution < 1.29 is 4.74 Å². The molecule has 1 heterocycles. The summed E-state index contributed by atoms with van der Waals surface area (Å²) in [6, 6.07) is 7.45. The van der Waals surface area contributed by atoms with Crippen LogP contribution in [0.1, 0.15) is 11.1 Å². The summed E-state index contributed by atoms with van der Waals surface area (Å²) in [5, 5.41) is 0. The lowest BCUT2D eigenvalue weighted by molar-refractivity contribution is 0.462. The van der Waals surface area contributed by atoms with Gasteiger partial charge in [0.1, 0.15) is 5.75 Å². The van der Waals surface area contributed by atoms with E-state index < -0.39 is 0 Å². The van der Waals surface area contributed by atoms with E-state index in [2.05, 4.69) is 20.9 Å². The van der Waals surface area contributed by atoms with Crippen LogP contribution < -0.4 is 10.5 Å². The molecular weight excluding hydrogens is 280 g/mol. The Morgan fingerprint density at radius 2 is 1.94 bits per heavy atom. The van der Waals surface area contributed by atoms with Crippen molar-refractivity contribution in [3.63, 3.8) is 0 Å². The normalized spacial score (nSPS) is 10.3. The third kappa shape index (κ3) is 2.77. The number of hydrogen-bond acceptors (Lipinski definition) is 3. The lowest BCUT2D eigenvalue weighted by Crippen LogP contribution is -1.92. The van der Waals surface area contributed by atoms with Gasteiger partial charge >= 0.3 is 0 Å². The maximum Gasteiger partial charge on any atom is 0.219 e. The first-order chi connectivity index (χ1) is 8.06. The number of nitrogens with two attached hydrogens (primary N) is 1. The molecular formula is C13H13BrN2O. The molecule has 3 nitrogen and oxygen atoms in total. The standard InChI is InChI=1S/C13H13BrN2O/c1-8-6-13(16-7-11(8)14)17-10-3-4-12(15)9(2)5-10/h3-7H,15H2,1-2H3. The summed E-state index contributed by atoms with van der Waals surface area (Å²) in [5.74, 6) is 1.32. The predicted octanol–water partition coefficient (Wildman–Crippen LogP) is 3.84. The van der Waals surface area contributed by atoms with Crippen LogP contribution in [0.2, 0.25) is 0 Å². The van der Waals surface area contributed by atoms with Gasteiger partial charge in [-0.25, -0.2) is 4.98 Å². The molecule has 0 atom stereocenters. The average Bonchev–Trinajstić information content (AvgIpc) is 2.29. The van der Waals surface area contributed by atoms with Gasteiger partial charge in [0.2, 0.25) is 5.88 Å². The molecule has 1 aromatic carbocycles. The molecule has 0 bridgehead atoms. The van der Waals surface area contributed by atoms with E-state index in [1.807, 2.05) is 38.1 Å². The molecule has 0 fully saturated rings. The van der Waals surface area contributed by atoms with E-state index in [-0.39, 0.29) is 0 Å². The highest BCUT2D eigenvalue weighted by atomic mass is 79.9. The number of anilines is 1. The lowest BCUT2D eigenvalue weighted by Gasteiger charge is -2.08. The van der Waals surface area contributed by atoms with Gasteiger partial charge in [-0.3, -0.25) is 0 Å². The Balaban J connectivity index is 2.25. The van der Waals surface area contributed by atoms with Gasteiger partial charge in [-0.15, -0.1) is 0 Å². The van der Waals surface area contributed by atoms with E-state index in [4.69, 9.17) is 10.5 Å². The number of benzene rings is 1. The van der Waals surface area contributed by atoms with Crippen molar-refractivity contribution in [2.24, 2.45) is 0 Å². The number of nitrogen functional groups attached to an aromatic ring is 1. The summed E-state index contributed by atoms with van der Waals surface area (Å²) in [5.41, 5.74) is 8.59. The Kier molecular flexibility index (Phi) is 3.33. The second-order valence-electron chi connectivity index (χ2n) is 3.89. The van der Waals surface area contributed by atoms with Crippen LogP contribution in [0.25, 0.3) is 0 Å². The fourth-order valence-electron chi connectivity index (χ4n) is 1.40. The molecule has 2 aromatic rings. The second kappa shape index (κ2) is 4.75. The average molecular weight is 293 g/mol. The van der Waals surface area contributed by atoms with Crippen LogP contribution in [0, 0.1) is 13.8 Å². The maximum atomic E-state index is 5.75. The van der Waals surface area contributed by atoms with Crippen LogP contribution in [0.15, 0.2) is 34.9 Å². The Labute approximate surface area is 109 Å². The third-order valence-electron chi connectivity index (χ3n) is 2.49. The van der Waals surface area contributed by atoms with Gasteiger partial charge in [0.25, 0.3) is 0 Å². The van der Waals surface area contributed by atoms with Crippen molar-refractivity contribution in [3.8, 4) is 11.6 Å². The number of ether oxygens (including phenoxy) is 1. The molecule has 0 saturated carbocycles. The van der Waals surface area contributed by atoms with E-state index >= 15 is 0 Å². The van der Waals surface area contributed by atoms with Crippen molar-refractivity contribution in [2.45, 2.75) is 13.8 Å². The molecule has 0 aliphatic rings. The summed E-state index contributed by atoms with van der Waals surface area (Å²) in [6.07, 6.45) is 1.73. The molecule has 0 saturated heterocycles. The Morgan fingerprint density at radius 1 is 1.18 bits per heavy atom. The molecule has 2 N–H and O–H groups in total. The number of rotatable bonds is 2. The smallest absolute Gasteiger partial charge is 0.219 e. The zero-order valence-corrected chi connectivity index (χ0v) is 11.3. The van der Waals surface area contributed by atoms with Crippen LogP contribution in [0.4, 0.5) is 5.69 Å². The summed E-state index contributed by atoms with van der Waals surface area (Å²) in [6.45, 7) is 3.94. The predicted molar refractivity (Wildman–Crippen MR) is 72.3 cm³/mol. The van der Waals surface area contributed by atoms with E-state index in [0.29, 0.717) is 5.88 Å². The first-order valence-electron chi connectivity index (χ1n) is 5.22.